The molecule has 0 heterocycles. The summed E-state index contributed by atoms with van der Waals surface area (Å²) in [7, 11) is -3.08. The van der Waals surface area contributed by atoms with Gasteiger partial charge in [-0.25, -0.2) is 8.42 Å². The average molecular weight is 302 g/mol. The quantitative estimate of drug-likeness (QED) is 0.794. The molecule has 1 aromatic carbocycles. The zero-order valence-electron chi connectivity index (χ0n) is 12.1. The number of aliphatic hydroxyl groups is 1. The Hall–Kier alpha value is -1.27. The molecule has 0 spiro atoms. The minimum absolute atomic E-state index is 0.0503. The summed E-state index contributed by atoms with van der Waals surface area (Å²) in [4.78, 5) is 0. The van der Waals surface area contributed by atoms with E-state index in [2.05, 4.69) is 0 Å². The van der Waals surface area contributed by atoms with E-state index >= 15 is 0 Å². The molecule has 0 radical (unpaired) electrons. The molecule has 1 N–H and O–H groups in total. The molecule has 1 atom stereocenters. The van der Waals surface area contributed by atoms with Gasteiger partial charge in [-0.05, 0) is 38.0 Å². The molecule has 0 bridgehead atoms. The third-order valence-corrected chi connectivity index (χ3v) is 3.69. The maximum Gasteiger partial charge on any atom is 0.161 e. The van der Waals surface area contributed by atoms with Gasteiger partial charge in [0.1, 0.15) is 9.84 Å². The normalized spacial score (nSPS) is 13.0. The van der Waals surface area contributed by atoms with Crippen LogP contribution in [0.5, 0.6) is 11.5 Å². The fourth-order valence-corrected chi connectivity index (χ4v) is 2.42. The smallest absolute Gasteiger partial charge is 0.161 e. The van der Waals surface area contributed by atoms with Crippen molar-refractivity contribution in [1.29, 1.82) is 0 Å². The van der Waals surface area contributed by atoms with Crippen molar-refractivity contribution in [1.82, 2.24) is 0 Å². The van der Waals surface area contributed by atoms with E-state index in [1.54, 1.807) is 18.2 Å². The van der Waals surface area contributed by atoms with Crippen LogP contribution < -0.4 is 9.47 Å². The molecule has 0 saturated heterocycles. The van der Waals surface area contributed by atoms with Crippen molar-refractivity contribution >= 4 is 9.84 Å². The van der Waals surface area contributed by atoms with Gasteiger partial charge in [0.2, 0.25) is 0 Å². The number of ether oxygens (including phenoxy) is 2. The standard InChI is InChI=1S/C14H22O5S/c1-4-18-13-7-6-11(10-14(13)19-5-2)12(15)8-9-20(3,16)17/h6-7,10,12,15H,4-5,8-9H2,1-3H3. The topological polar surface area (TPSA) is 72.8 Å². The number of hydrogen-bond donors (Lipinski definition) is 1. The Morgan fingerprint density at radius 1 is 1.15 bits per heavy atom. The van der Waals surface area contributed by atoms with Gasteiger partial charge < -0.3 is 14.6 Å². The minimum Gasteiger partial charge on any atom is -0.490 e. The van der Waals surface area contributed by atoms with Crippen molar-refractivity contribution in [2.24, 2.45) is 0 Å². The maximum absolute atomic E-state index is 11.1. The first-order valence-corrected chi connectivity index (χ1v) is 8.68. The Morgan fingerprint density at radius 3 is 2.30 bits per heavy atom. The highest BCUT2D eigenvalue weighted by atomic mass is 32.2. The second-order valence-electron chi connectivity index (χ2n) is 4.51. The van der Waals surface area contributed by atoms with Crippen molar-refractivity contribution in [3.05, 3.63) is 23.8 Å². The van der Waals surface area contributed by atoms with Crippen LogP contribution in [0.15, 0.2) is 18.2 Å². The zero-order valence-corrected chi connectivity index (χ0v) is 12.9. The highest BCUT2D eigenvalue weighted by Crippen LogP contribution is 2.31. The molecule has 1 aromatic rings. The lowest BCUT2D eigenvalue weighted by Crippen LogP contribution is -2.09. The Labute approximate surface area is 120 Å². The molecule has 0 aromatic heterocycles. The number of benzene rings is 1. The first kappa shape index (κ1) is 16.8. The largest absolute Gasteiger partial charge is 0.490 e. The Kier molecular flexibility index (Phi) is 6.29. The summed E-state index contributed by atoms with van der Waals surface area (Å²) in [5, 5.41) is 10.0. The van der Waals surface area contributed by atoms with Crippen LogP contribution in [0.25, 0.3) is 0 Å². The molecule has 5 nitrogen and oxygen atoms in total. The predicted octanol–water partition coefficient (Wildman–Crippen LogP) is 1.95. The van der Waals surface area contributed by atoms with Crippen LogP contribution in [0.4, 0.5) is 0 Å². The lowest BCUT2D eigenvalue weighted by atomic mass is 10.1. The van der Waals surface area contributed by atoms with Gasteiger partial charge >= 0.3 is 0 Å². The van der Waals surface area contributed by atoms with Crippen molar-refractivity contribution in [3.63, 3.8) is 0 Å². The average Bonchev–Trinajstić information content (AvgIpc) is 2.37. The number of rotatable bonds is 8. The summed E-state index contributed by atoms with van der Waals surface area (Å²) < 4.78 is 33.1. The van der Waals surface area contributed by atoms with E-state index in [1.165, 1.54) is 0 Å². The Balaban J connectivity index is 2.87. The van der Waals surface area contributed by atoms with Crippen LogP contribution in [0, 0.1) is 0 Å². The molecular formula is C14H22O5S. The monoisotopic (exact) mass is 302 g/mol. The summed E-state index contributed by atoms with van der Waals surface area (Å²) >= 11 is 0. The van der Waals surface area contributed by atoms with E-state index in [0.29, 0.717) is 30.3 Å². The van der Waals surface area contributed by atoms with Crippen LogP contribution in [-0.2, 0) is 9.84 Å². The highest BCUT2D eigenvalue weighted by Gasteiger charge is 2.14. The molecule has 20 heavy (non-hydrogen) atoms. The van der Waals surface area contributed by atoms with E-state index in [-0.39, 0.29) is 12.2 Å². The molecule has 114 valence electrons. The first-order chi connectivity index (χ1) is 9.37. The third kappa shape index (κ3) is 5.38. The van der Waals surface area contributed by atoms with Crippen molar-refractivity contribution in [2.45, 2.75) is 26.4 Å². The van der Waals surface area contributed by atoms with Gasteiger partial charge in [-0.1, -0.05) is 6.07 Å². The Bertz CT molecular complexity index is 524. The van der Waals surface area contributed by atoms with Gasteiger partial charge in [-0.2, -0.15) is 0 Å². The lowest BCUT2D eigenvalue weighted by molar-refractivity contribution is 0.173. The molecule has 0 fully saturated rings. The number of hydrogen-bond acceptors (Lipinski definition) is 5. The van der Waals surface area contributed by atoms with E-state index in [9.17, 15) is 13.5 Å². The van der Waals surface area contributed by atoms with E-state index in [0.717, 1.165) is 6.26 Å². The first-order valence-electron chi connectivity index (χ1n) is 6.62. The van der Waals surface area contributed by atoms with Crippen LogP contribution in [0.1, 0.15) is 31.9 Å². The zero-order chi connectivity index (χ0) is 15.2. The fourth-order valence-electron chi connectivity index (χ4n) is 1.77. The van der Waals surface area contributed by atoms with Gasteiger partial charge in [0.25, 0.3) is 0 Å². The van der Waals surface area contributed by atoms with Gasteiger partial charge in [-0.3, -0.25) is 0 Å². The van der Waals surface area contributed by atoms with E-state index in [1.807, 2.05) is 13.8 Å². The highest BCUT2D eigenvalue weighted by molar-refractivity contribution is 7.90. The molecule has 1 unspecified atom stereocenters. The minimum atomic E-state index is -3.08. The summed E-state index contributed by atoms with van der Waals surface area (Å²) in [6, 6.07) is 5.15. The summed E-state index contributed by atoms with van der Waals surface area (Å²) in [5.74, 6) is 1.13. The second kappa shape index (κ2) is 7.50. The molecule has 1 rings (SSSR count). The lowest BCUT2D eigenvalue weighted by Gasteiger charge is -2.15. The molecule has 6 heteroatoms. The maximum atomic E-state index is 11.1. The molecule has 0 aliphatic heterocycles. The summed E-state index contributed by atoms with van der Waals surface area (Å²) in [6.07, 6.45) is 0.488. The predicted molar refractivity (Wildman–Crippen MR) is 78.1 cm³/mol. The van der Waals surface area contributed by atoms with Crippen molar-refractivity contribution in [2.75, 3.05) is 25.2 Å². The van der Waals surface area contributed by atoms with Crippen molar-refractivity contribution in [3.8, 4) is 11.5 Å². The van der Waals surface area contributed by atoms with Crippen LogP contribution in [0.2, 0.25) is 0 Å². The van der Waals surface area contributed by atoms with Gasteiger partial charge in [0.05, 0.1) is 25.1 Å². The van der Waals surface area contributed by atoms with Gasteiger partial charge in [0.15, 0.2) is 11.5 Å². The van der Waals surface area contributed by atoms with Crippen molar-refractivity contribution < 1.29 is 23.0 Å². The van der Waals surface area contributed by atoms with E-state index < -0.39 is 15.9 Å². The molecule has 0 amide bonds. The number of aliphatic hydroxyl groups excluding tert-OH is 1. The fraction of sp³-hybridized carbons (Fsp3) is 0.571. The van der Waals surface area contributed by atoms with Crippen LogP contribution in [0.3, 0.4) is 0 Å². The summed E-state index contributed by atoms with van der Waals surface area (Å²) in [5.41, 5.74) is 0.626. The van der Waals surface area contributed by atoms with E-state index in [4.69, 9.17) is 9.47 Å². The van der Waals surface area contributed by atoms with Crippen LogP contribution >= 0.6 is 0 Å². The Morgan fingerprint density at radius 2 is 1.75 bits per heavy atom. The molecule has 0 aliphatic rings. The van der Waals surface area contributed by atoms with Crippen LogP contribution in [-0.4, -0.2) is 38.7 Å². The molecule has 0 aliphatic carbocycles. The third-order valence-electron chi connectivity index (χ3n) is 2.71. The molecule has 0 saturated carbocycles. The number of sulfone groups is 1. The van der Waals surface area contributed by atoms with Gasteiger partial charge in [0, 0.05) is 6.26 Å². The molecular weight excluding hydrogens is 280 g/mol. The van der Waals surface area contributed by atoms with Gasteiger partial charge in [-0.15, -0.1) is 0 Å². The second-order valence-corrected chi connectivity index (χ2v) is 6.77. The SMILES string of the molecule is CCOc1ccc(C(O)CCS(C)(=O)=O)cc1OCC. The summed E-state index contributed by atoms with van der Waals surface area (Å²) in [6.45, 7) is 4.76.